The molecule has 0 saturated carbocycles. The fourth-order valence-electron chi connectivity index (χ4n) is 1.69. The van der Waals surface area contributed by atoms with Gasteiger partial charge in [-0.15, -0.1) is 0 Å². The van der Waals surface area contributed by atoms with Crippen molar-refractivity contribution in [2.75, 3.05) is 0 Å². The normalized spacial score (nSPS) is 13.9. The lowest BCUT2D eigenvalue weighted by Crippen LogP contribution is -2.40. The van der Waals surface area contributed by atoms with Crippen LogP contribution in [0.15, 0.2) is 24.3 Å². The Hall–Kier alpha value is -1.95. The average molecular weight is 251 g/mol. The number of carbonyl (C=O) groups is 1. The minimum Gasteiger partial charge on any atom is -0.368 e. The molecule has 1 rings (SSSR count). The maximum atomic E-state index is 11.0. The molecule has 6 heteroatoms. The Balaban J connectivity index is 2.91. The lowest BCUT2D eigenvalue weighted by molar-refractivity contribution is -0.384. The average Bonchev–Trinajstić information content (AvgIpc) is 2.35. The number of rotatable bonds is 6. The van der Waals surface area contributed by atoms with Crippen LogP contribution in [0, 0.1) is 10.1 Å². The summed E-state index contributed by atoms with van der Waals surface area (Å²) in [5, 5.41) is 13.8. The molecule has 0 spiro atoms. The molecule has 1 amide bonds. The number of benzene rings is 1. The highest BCUT2D eigenvalue weighted by Gasteiger charge is 2.17. The highest BCUT2D eigenvalue weighted by molar-refractivity contribution is 5.79. The second-order valence-corrected chi connectivity index (χ2v) is 4.10. The van der Waals surface area contributed by atoms with Crippen LogP contribution in [-0.4, -0.2) is 16.9 Å². The molecule has 0 aliphatic carbocycles. The number of non-ortho nitro benzene ring substituents is 1. The van der Waals surface area contributed by atoms with Crippen LogP contribution in [0.2, 0.25) is 0 Å². The van der Waals surface area contributed by atoms with E-state index in [4.69, 9.17) is 5.73 Å². The summed E-state index contributed by atoms with van der Waals surface area (Å²) in [6.45, 7) is 3.60. The second-order valence-electron chi connectivity index (χ2n) is 4.10. The molecular weight excluding hydrogens is 234 g/mol. The highest BCUT2D eigenvalue weighted by atomic mass is 16.6. The zero-order chi connectivity index (χ0) is 13.7. The Morgan fingerprint density at radius 1 is 1.56 bits per heavy atom. The number of primary amides is 1. The van der Waals surface area contributed by atoms with Gasteiger partial charge in [-0.3, -0.25) is 20.2 Å². The zero-order valence-corrected chi connectivity index (χ0v) is 10.4. The van der Waals surface area contributed by atoms with E-state index in [1.54, 1.807) is 19.1 Å². The van der Waals surface area contributed by atoms with E-state index in [2.05, 4.69) is 5.32 Å². The fourth-order valence-corrected chi connectivity index (χ4v) is 1.69. The summed E-state index contributed by atoms with van der Waals surface area (Å²) in [6.07, 6.45) is 0.707. The first-order valence-corrected chi connectivity index (χ1v) is 5.75. The van der Waals surface area contributed by atoms with Crippen molar-refractivity contribution in [1.29, 1.82) is 0 Å². The smallest absolute Gasteiger partial charge is 0.269 e. The molecule has 0 aliphatic rings. The van der Waals surface area contributed by atoms with E-state index in [0.717, 1.165) is 5.56 Å². The summed E-state index contributed by atoms with van der Waals surface area (Å²) in [4.78, 5) is 21.3. The summed E-state index contributed by atoms with van der Waals surface area (Å²) >= 11 is 0. The molecule has 0 aromatic heterocycles. The van der Waals surface area contributed by atoms with Crippen molar-refractivity contribution in [3.63, 3.8) is 0 Å². The van der Waals surface area contributed by atoms with Crippen LogP contribution < -0.4 is 11.1 Å². The number of nitrogens with one attached hydrogen (secondary N) is 1. The van der Waals surface area contributed by atoms with E-state index in [9.17, 15) is 14.9 Å². The number of hydrogen-bond donors (Lipinski definition) is 2. The Bertz CT molecular complexity index is 448. The van der Waals surface area contributed by atoms with Gasteiger partial charge >= 0.3 is 0 Å². The monoisotopic (exact) mass is 251 g/mol. The van der Waals surface area contributed by atoms with Gasteiger partial charge in [-0.05, 0) is 18.9 Å². The van der Waals surface area contributed by atoms with E-state index in [-0.39, 0.29) is 11.7 Å². The van der Waals surface area contributed by atoms with Gasteiger partial charge in [0.05, 0.1) is 11.0 Å². The molecule has 0 aliphatic heterocycles. The Kier molecular flexibility index (Phi) is 4.79. The molecule has 0 fully saturated rings. The van der Waals surface area contributed by atoms with Crippen molar-refractivity contribution < 1.29 is 9.72 Å². The summed E-state index contributed by atoms with van der Waals surface area (Å²) in [5.41, 5.74) is 6.00. The van der Waals surface area contributed by atoms with E-state index in [0.29, 0.717) is 6.42 Å². The van der Waals surface area contributed by atoms with Gasteiger partial charge in [0.1, 0.15) is 0 Å². The van der Waals surface area contributed by atoms with Crippen LogP contribution in [0.3, 0.4) is 0 Å². The van der Waals surface area contributed by atoms with Gasteiger partial charge in [-0.25, -0.2) is 0 Å². The number of amides is 1. The number of nitrogens with two attached hydrogens (primary N) is 1. The van der Waals surface area contributed by atoms with Crippen LogP contribution in [0.25, 0.3) is 0 Å². The number of nitrogens with zero attached hydrogens (tertiary/aromatic N) is 1. The lowest BCUT2D eigenvalue weighted by Gasteiger charge is -2.20. The SMILES string of the molecule is CCC(NC(C)C(N)=O)c1cccc([N+](=O)[O-])c1. The minimum atomic E-state index is -0.478. The van der Waals surface area contributed by atoms with Gasteiger partial charge in [-0.1, -0.05) is 19.1 Å². The molecule has 6 nitrogen and oxygen atoms in total. The number of carbonyl (C=O) groups excluding carboxylic acids is 1. The van der Waals surface area contributed by atoms with Crippen molar-refractivity contribution in [3.05, 3.63) is 39.9 Å². The molecule has 2 atom stereocenters. The van der Waals surface area contributed by atoms with Gasteiger partial charge in [0.2, 0.25) is 5.91 Å². The van der Waals surface area contributed by atoms with Crippen LogP contribution in [0.1, 0.15) is 31.9 Å². The first kappa shape index (κ1) is 14.1. The van der Waals surface area contributed by atoms with Crippen LogP contribution in [0.5, 0.6) is 0 Å². The standard InChI is InChI=1S/C12H17N3O3/c1-3-11(14-8(2)12(13)16)9-5-4-6-10(7-9)15(17)18/h4-8,11,14H,3H2,1-2H3,(H2,13,16). The topological polar surface area (TPSA) is 98.3 Å². The maximum absolute atomic E-state index is 11.0. The van der Waals surface area contributed by atoms with Crippen molar-refractivity contribution >= 4 is 11.6 Å². The van der Waals surface area contributed by atoms with Gasteiger partial charge in [0, 0.05) is 18.2 Å². The molecule has 98 valence electrons. The third-order valence-corrected chi connectivity index (χ3v) is 2.77. The molecule has 0 radical (unpaired) electrons. The van der Waals surface area contributed by atoms with E-state index in [1.165, 1.54) is 12.1 Å². The molecule has 2 unspecified atom stereocenters. The number of nitro benzene ring substituents is 1. The van der Waals surface area contributed by atoms with Gasteiger partial charge in [-0.2, -0.15) is 0 Å². The molecule has 0 bridgehead atoms. The third-order valence-electron chi connectivity index (χ3n) is 2.77. The molecule has 0 saturated heterocycles. The highest BCUT2D eigenvalue weighted by Crippen LogP contribution is 2.21. The molecule has 3 N–H and O–H groups in total. The van der Waals surface area contributed by atoms with Crippen molar-refractivity contribution in [2.24, 2.45) is 5.73 Å². The first-order chi connectivity index (χ1) is 8.45. The lowest BCUT2D eigenvalue weighted by atomic mass is 10.0. The van der Waals surface area contributed by atoms with Crippen molar-refractivity contribution in [2.45, 2.75) is 32.4 Å². The Morgan fingerprint density at radius 2 is 2.22 bits per heavy atom. The van der Waals surface area contributed by atoms with Crippen LogP contribution in [-0.2, 0) is 4.79 Å². The number of hydrogen-bond acceptors (Lipinski definition) is 4. The van der Waals surface area contributed by atoms with E-state index >= 15 is 0 Å². The second kappa shape index (κ2) is 6.11. The Morgan fingerprint density at radius 3 is 2.72 bits per heavy atom. The predicted octanol–water partition coefficient (Wildman–Crippen LogP) is 1.51. The summed E-state index contributed by atoms with van der Waals surface area (Å²) in [5.74, 6) is -0.445. The fraction of sp³-hybridized carbons (Fsp3) is 0.417. The third kappa shape index (κ3) is 3.53. The molecule has 18 heavy (non-hydrogen) atoms. The predicted molar refractivity (Wildman–Crippen MR) is 67.9 cm³/mol. The Labute approximate surface area is 105 Å². The molecular formula is C12H17N3O3. The summed E-state index contributed by atoms with van der Waals surface area (Å²) in [6, 6.07) is 5.76. The molecule has 1 aromatic carbocycles. The molecule has 1 aromatic rings. The van der Waals surface area contributed by atoms with Crippen molar-refractivity contribution in [3.8, 4) is 0 Å². The van der Waals surface area contributed by atoms with E-state index < -0.39 is 16.9 Å². The number of nitro groups is 1. The van der Waals surface area contributed by atoms with Crippen molar-refractivity contribution in [1.82, 2.24) is 5.32 Å². The van der Waals surface area contributed by atoms with Gasteiger partial charge in [0.25, 0.3) is 5.69 Å². The maximum Gasteiger partial charge on any atom is 0.269 e. The largest absolute Gasteiger partial charge is 0.368 e. The first-order valence-electron chi connectivity index (χ1n) is 5.75. The zero-order valence-electron chi connectivity index (χ0n) is 10.4. The quantitative estimate of drug-likeness (QED) is 0.591. The summed E-state index contributed by atoms with van der Waals surface area (Å²) in [7, 11) is 0. The van der Waals surface area contributed by atoms with Crippen LogP contribution in [0.4, 0.5) is 5.69 Å². The van der Waals surface area contributed by atoms with Gasteiger partial charge < -0.3 is 5.73 Å². The summed E-state index contributed by atoms with van der Waals surface area (Å²) < 4.78 is 0. The van der Waals surface area contributed by atoms with E-state index in [1.807, 2.05) is 6.92 Å². The molecule has 0 heterocycles. The van der Waals surface area contributed by atoms with Crippen LogP contribution >= 0.6 is 0 Å². The van der Waals surface area contributed by atoms with Gasteiger partial charge in [0.15, 0.2) is 0 Å². The minimum absolute atomic E-state index is 0.0412.